The van der Waals surface area contributed by atoms with Crippen molar-refractivity contribution >= 4 is 16.9 Å². The molecule has 0 bridgehead atoms. The van der Waals surface area contributed by atoms with E-state index in [1.165, 1.54) is 33.4 Å². The van der Waals surface area contributed by atoms with Gasteiger partial charge in [0.1, 0.15) is 0 Å². The van der Waals surface area contributed by atoms with Crippen molar-refractivity contribution < 1.29 is 4.79 Å². The fourth-order valence-corrected chi connectivity index (χ4v) is 5.25. The molecular formula is C37H28O. The molecule has 0 aromatic heterocycles. The number of hydrogen-bond acceptors (Lipinski definition) is 1. The van der Waals surface area contributed by atoms with Crippen LogP contribution in [0.3, 0.4) is 0 Å². The lowest BCUT2D eigenvalue weighted by Crippen LogP contribution is -2.02. The maximum absolute atomic E-state index is 13.3. The lowest BCUT2D eigenvalue weighted by atomic mass is 9.87. The minimum absolute atomic E-state index is 0.0419. The highest BCUT2D eigenvalue weighted by Crippen LogP contribution is 2.35. The van der Waals surface area contributed by atoms with Crippen LogP contribution in [0.1, 0.15) is 39.9 Å². The summed E-state index contributed by atoms with van der Waals surface area (Å²) < 4.78 is 0. The van der Waals surface area contributed by atoms with Gasteiger partial charge >= 0.3 is 0 Å². The molecule has 0 spiro atoms. The zero-order chi connectivity index (χ0) is 25.7. The van der Waals surface area contributed by atoms with E-state index in [4.69, 9.17) is 0 Å². The Labute approximate surface area is 224 Å². The van der Waals surface area contributed by atoms with Crippen molar-refractivity contribution in [1.29, 1.82) is 0 Å². The summed E-state index contributed by atoms with van der Waals surface area (Å²) in [5.41, 5.74) is 11.0. The van der Waals surface area contributed by atoms with Crippen LogP contribution in [0.25, 0.3) is 33.4 Å². The third-order valence-electron chi connectivity index (χ3n) is 7.22. The zero-order valence-electron chi connectivity index (χ0n) is 21.2. The van der Waals surface area contributed by atoms with Crippen molar-refractivity contribution in [2.45, 2.75) is 12.8 Å². The van der Waals surface area contributed by atoms with Crippen LogP contribution in [-0.2, 0) is 0 Å². The maximum atomic E-state index is 13.3. The van der Waals surface area contributed by atoms with Gasteiger partial charge in [-0.25, -0.2) is 0 Å². The molecule has 1 aliphatic rings. The van der Waals surface area contributed by atoms with Crippen molar-refractivity contribution in [3.63, 3.8) is 0 Å². The quantitative estimate of drug-likeness (QED) is 0.218. The Bertz CT molecular complexity index is 1620. The van der Waals surface area contributed by atoms with E-state index in [2.05, 4.69) is 109 Å². The fraction of sp³-hybridized carbons (Fsp3) is 0.0541. The molecular weight excluding hydrogens is 460 g/mol. The Balaban J connectivity index is 1.26. The number of rotatable bonds is 6. The van der Waals surface area contributed by atoms with Crippen molar-refractivity contribution in [2.24, 2.45) is 0 Å². The molecule has 0 amide bonds. The van der Waals surface area contributed by atoms with E-state index in [1.54, 1.807) is 0 Å². The SMILES string of the molecule is O=C(c1ccc(C2=C(c3ccccc3)C=CCC2)cc1)c1ccc(-c2ccccc2-c2ccccc2)cc1. The van der Waals surface area contributed by atoms with Crippen LogP contribution < -0.4 is 0 Å². The second-order valence-electron chi connectivity index (χ2n) is 9.59. The molecule has 0 unspecified atom stereocenters. The van der Waals surface area contributed by atoms with Gasteiger partial charge in [0, 0.05) is 11.1 Å². The van der Waals surface area contributed by atoms with Gasteiger partial charge in [-0.3, -0.25) is 4.79 Å². The number of hydrogen-bond donors (Lipinski definition) is 0. The Kier molecular flexibility index (Phi) is 6.66. The first-order valence-corrected chi connectivity index (χ1v) is 13.1. The van der Waals surface area contributed by atoms with Crippen molar-refractivity contribution in [3.05, 3.63) is 168 Å². The molecule has 0 radical (unpaired) electrons. The average Bonchev–Trinajstić information content (AvgIpc) is 3.02. The number of allylic oxidation sites excluding steroid dienone is 4. The first-order valence-electron chi connectivity index (χ1n) is 13.1. The van der Waals surface area contributed by atoms with E-state index in [9.17, 15) is 4.79 Å². The van der Waals surface area contributed by atoms with Crippen LogP contribution in [0, 0.1) is 0 Å². The number of carbonyl (C=O) groups excluding carboxylic acids is 1. The van der Waals surface area contributed by atoms with Crippen LogP contribution in [-0.4, -0.2) is 5.78 Å². The van der Waals surface area contributed by atoms with Gasteiger partial charge in [-0.15, -0.1) is 0 Å². The highest BCUT2D eigenvalue weighted by molar-refractivity contribution is 6.09. The van der Waals surface area contributed by atoms with E-state index in [1.807, 2.05) is 36.4 Å². The number of ketones is 1. The molecule has 0 N–H and O–H groups in total. The van der Waals surface area contributed by atoms with Gasteiger partial charge in [0.2, 0.25) is 0 Å². The summed E-state index contributed by atoms with van der Waals surface area (Å²) >= 11 is 0. The van der Waals surface area contributed by atoms with Crippen LogP contribution in [0.2, 0.25) is 0 Å². The molecule has 182 valence electrons. The average molecular weight is 489 g/mol. The van der Waals surface area contributed by atoms with E-state index in [0.29, 0.717) is 11.1 Å². The highest BCUT2D eigenvalue weighted by Gasteiger charge is 2.15. The first-order chi connectivity index (χ1) is 18.8. The molecule has 38 heavy (non-hydrogen) atoms. The molecule has 5 aromatic carbocycles. The summed E-state index contributed by atoms with van der Waals surface area (Å²) in [6, 6.07) is 45.4. The summed E-state index contributed by atoms with van der Waals surface area (Å²) in [5.74, 6) is 0.0419. The summed E-state index contributed by atoms with van der Waals surface area (Å²) in [7, 11) is 0. The lowest BCUT2D eigenvalue weighted by molar-refractivity contribution is 0.103. The molecule has 6 rings (SSSR count). The van der Waals surface area contributed by atoms with E-state index in [-0.39, 0.29) is 5.78 Å². The van der Waals surface area contributed by atoms with Crippen LogP contribution in [0.15, 0.2) is 146 Å². The fourth-order valence-electron chi connectivity index (χ4n) is 5.25. The van der Waals surface area contributed by atoms with Gasteiger partial charge in [-0.05, 0) is 57.4 Å². The Morgan fingerprint density at radius 3 is 1.53 bits per heavy atom. The highest BCUT2D eigenvalue weighted by atomic mass is 16.1. The topological polar surface area (TPSA) is 17.1 Å². The zero-order valence-corrected chi connectivity index (χ0v) is 21.2. The first kappa shape index (κ1) is 23.6. The molecule has 1 aliphatic carbocycles. The molecule has 1 heteroatoms. The summed E-state index contributed by atoms with van der Waals surface area (Å²) in [4.78, 5) is 13.3. The van der Waals surface area contributed by atoms with Crippen LogP contribution >= 0.6 is 0 Å². The molecule has 0 fully saturated rings. The summed E-state index contributed by atoms with van der Waals surface area (Å²) in [6.07, 6.45) is 6.50. The van der Waals surface area contributed by atoms with E-state index >= 15 is 0 Å². The van der Waals surface area contributed by atoms with Crippen LogP contribution in [0.4, 0.5) is 0 Å². The van der Waals surface area contributed by atoms with Gasteiger partial charge in [0.05, 0.1) is 0 Å². The molecule has 0 saturated carbocycles. The maximum Gasteiger partial charge on any atom is 0.193 e. The molecule has 0 atom stereocenters. The number of benzene rings is 5. The normalized spacial score (nSPS) is 12.9. The van der Waals surface area contributed by atoms with Gasteiger partial charge in [0.15, 0.2) is 5.78 Å². The second-order valence-corrected chi connectivity index (χ2v) is 9.59. The predicted octanol–water partition coefficient (Wildman–Crippen LogP) is 9.51. The predicted molar refractivity (Wildman–Crippen MR) is 159 cm³/mol. The smallest absolute Gasteiger partial charge is 0.193 e. The molecule has 0 heterocycles. The standard InChI is InChI=1S/C37H28O/c38-37(31-23-19-29(20-24-31)35-17-9-7-15-33(35)27-11-3-1-4-12-27)32-25-21-30(22-26-32)36-18-10-8-16-34(36)28-13-5-2-6-14-28/h1-9,11-17,19-26H,10,18H2. The van der Waals surface area contributed by atoms with Gasteiger partial charge < -0.3 is 0 Å². The third-order valence-corrected chi connectivity index (χ3v) is 7.22. The molecule has 5 aromatic rings. The second kappa shape index (κ2) is 10.7. The van der Waals surface area contributed by atoms with Crippen LogP contribution in [0.5, 0.6) is 0 Å². The molecule has 0 aliphatic heterocycles. The lowest BCUT2D eigenvalue weighted by Gasteiger charge is -2.17. The molecule has 1 nitrogen and oxygen atoms in total. The van der Waals surface area contributed by atoms with Gasteiger partial charge in [-0.2, -0.15) is 0 Å². The summed E-state index contributed by atoms with van der Waals surface area (Å²) in [6.45, 7) is 0. The Morgan fingerprint density at radius 2 is 0.947 bits per heavy atom. The molecule has 0 saturated heterocycles. The minimum atomic E-state index is 0.0419. The Morgan fingerprint density at radius 1 is 0.474 bits per heavy atom. The van der Waals surface area contributed by atoms with Crippen molar-refractivity contribution in [2.75, 3.05) is 0 Å². The van der Waals surface area contributed by atoms with E-state index < -0.39 is 0 Å². The monoisotopic (exact) mass is 488 g/mol. The largest absolute Gasteiger partial charge is 0.289 e. The van der Waals surface area contributed by atoms with Gasteiger partial charge in [0.25, 0.3) is 0 Å². The van der Waals surface area contributed by atoms with Gasteiger partial charge in [-0.1, -0.05) is 146 Å². The van der Waals surface area contributed by atoms with E-state index in [0.717, 1.165) is 24.0 Å². The van der Waals surface area contributed by atoms with Crippen molar-refractivity contribution in [3.8, 4) is 22.3 Å². The Hall–Kier alpha value is -4.75. The van der Waals surface area contributed by atoms with Crippen molar-refractivity contribution in [1.82, 2.24) is 0 Å². The minimum Gasteiger partial charge on any atom is -0.289 e. The third kappa shape index (κ3) is 4.79. The number of carbonyl (C=O) groups is 1. The summed E-state index contributed by atoms with van der Waals surface area (Å²) in [5, 5.41) is 0.